The fourth-order valence-corrected chi connectivity index (χ4v) is 1.73. The van der Waals surface area contributed by atoms with Crippen LogP contribution in [0.3, 0.4) is 0 Å². The van der Waals surface area contributed by atoms with E-state index in [0.717, 1.165) is 11.3 Å². The van der Waals surface area contributed by atoms with Crippen LogP contribution in [-0.2, 0) is 4.79 Å². The van der Waals surface area contributed by atoms with E-state index in [1.807, 2.05) is 45.0 Å². The predicted molar refractivity (Wildman–Crippen MR) is 77.1 cm³/mol. The second-order valence-electron chi connectivity index (χ2n) is 5.55. The zero-order chi connectivity index (χ0) is 14.5. The number of nitrogens with two attached hydrogens (primary N) is 1. The fourth-order valence-electron chi connectivity index (χ4n) is 1.73. The number of nitrogens with one attached hydrogen (secondary N) is 1. The largest absolute Gasteiger partial charge is 0.497 e. The van der Waals surface area contributed by atoms with Crippen LogP contribution in [0.5, 0.6) is 5.75 Å². The van der Waals surface area contributed by atoms with Gasteiger partial charge in [-0.3, -0.25) is 4.79 Å². The molecule has 1 aromatic carbocycles. The lowest BCUT2D eigenvalue weighted by molar-refractivity contribution is -0.122. The van der Waals surface area contributed by atoms with Crippen molar-refractivity contribution in [1.29, 1.82) is 0 Å². The SMILES string of the molecule is COc1ccc([C@H](C)NC(=O)CCC(C)(C)N)cc1. The molecule has 1 aromatic rings. The Hall–Kier alpha value is -1.55. The molecule has 1 atom stereocenters. The Labute approximate surface area is 115 Å². The molecule has 0 saturated heterocycles. The van der Waals surface area contributed by atoms with Crippen LogP contribution in [0.2, 0.25) is 0 Å². The minimum absolute atomic E-state index is 0.0145. The zero-order valence-electron chi connectivity index (χ0n) is 12.2. The van der Waals surface area contributed by atoms with Crippen molar-refractivity contribution in [3.05, 3.63) is 29.8 Å². The quantitative estimate of drug-likeness (QED) is 0.829. The minimum Gasteiger partial charge on any atom is -0.497 e. The molecule has 19 heavy (non-hydrogen) atoms. The molecule has 4 heteroatoms. The lowest BCUT2D eigenvalue weighted by atomic mass is 9.99. The lowest BCUT2D eigenvalue weighted by Gasteiger charge is -2.19. The van der Waals surface area contributed by atoms with Gasteiger partial charge in [0.15, 0.2) is 0 Å². The molecule has 1 rings (SSSR count). The molecular formula is C15H24N2O2. The number of rotatable bonds is 6. The molecule has 106 valence electrons. The van der Waals surface area contributed by atoms with Crippen LogP contribution in [0, 0.1) is 0 Å². The van der Waals surface area contributed by atoms with E-state index in [9.17, 15) is 4.79 Å². The molecule has 0 radical (unpaired) electrons. The van der Waals surface area contributed by atoms with Crippen LogP contribution in [-0.4, -0.2) is 18.6 Å². The van der Waals surface area contributed by atoms with Gasteiger partial charge in [-0.15, -0.1) is 0 Å². The lowest BCUT2D eigenvalue weighted by Crippen LogP contribution is -2.35. The monoisotopic (exact) mass is 264 g/mol. The van der Waals surface area contributed by atoms with Crippen molar-refractivity contribution in [2.24, 2.45) is 5.73 Å². The van der Waals surface area contributed by atoms with Gasteiger partial charge in [0.25, 0.3) is 0 Å². The summed E-state index contributed by atoms with van der Waals surface area (Å²) in [6.45, 7) is 5.81. The first-order valence-corrected chi connectivity index (χ1v) is 6.54. The van der Waals surface area contributed by atoms with Crippen LogP contribution < -0.4 is 15.8 Å². The van der Waals surface area contributed by atoms with Crippen LogP contribution in [0.1, 0.15) is 45.2 Å². The number of carbonyl (C=O) groups is 1. The maximum absolute atomic E-state index is 11.8. The van der Waals surface area contributed by atoms with Crippen LogP contribution >= 0.6 is 0 Å². The van der Waals surface area contributed by atoms with Crippen molar-refractivity contribution >= 4 is 5.91 Å². The summed E-state index contributed by atoms with van der Waals surface area (Å²) in [5, 5.41) is 2.97. The average Bonchev–Trinajstić information content (AvgIpc) is 2.35. The van der Waals surface area contributed by atoms with Crippen LogP contribution in [0.25, 0.3) is 0 Å². The van der Waals surface area contributed by atoms with Crippen molar-refractivity contribution in [2.45, 2.75) is 45.2 Å². The Kier molecular flexibility index (Phi) is 5.36. The number of carbonyl (C=O) groups excluding carboxylic acids is 1. The Morgan fingerprint density at radius 2 is 1.95 bits per heavy atom. The number of amides is 1. The van der Waals surface area contributed by atoms with Gasteiger partial charge in [-0.1, -0.05) is 12.1 Å². The molecule has 0 aliphatic heterocycles. The highest BCUT2D eigenvalue weighted by atomic mass is 16.5. The average molecular weight is 264 g/mol. The Morgan fingerprint density at radius 3 is 2.42 bits per heavy atom. The summed E-state index contributed by atoms with van der Waals surface area (Å²) >= 11 is 0. The molecule has 3 N–H and O–H groups in total. The van der Waals surface area contributed by atoms with Crippen molar-refractivity contribution < 1.29 is 9.53 Å². The van der Waals surface area contributed by atoms with E-state index in [1.165, 1.54) is 0 Å². The van der Waals surface area contributed by atoms with Gasteiger partial charge < -0.3 is 15.8 Å². The molecule has 0 aromatic heterocycles. The van der Waals surface area contributed by atoms with E-state index < -0.39 is 0 Å². The third kappa shape index (κ3) is 5.75. The molecule has 0 heterocycles. The molecule has 0 unspecified atom stereocenters. The summed E-state index contributed by atoms with van der Waals surface area (Å²) in [6, 6.07) is 7.68. The van der Waals surface area contributed by atoms with E-state index in [0.29, 0.717) is 12.8 Å². The topological polar surface area (TPSA) is 64.3 Å². The molecule has 0 saturated carbocycles. The standard InChI is InChI=1S/C15H24N2O2/c1-11(12-5-7-13(19-4)8-6-12)17-14(18)9-10-15(2,3)16/h5-8,11H,9-10,16H2,1-4H3,(H,17,18)/t11-/m0/s1. The molecule has 1 amide bonds. The Bertz CT molecular complexity index is 407. The van der Waals surface area contributed by atoms with Gasteiger partial charge >= 0.3 is 0 Å². The van der Waals surface area contributed by atoms with Gasteiger partial charge in [0.1, 0.15) is 5.75 Å². The van der Waals surface area contributed by atoms with Crippen LogP contribution in [0.15, 0.2) is 24.3 Å². The Balaban J connectivity index is 2.49. The number of methoxy groups -OCH3 is 1. The number of benzene rings is 1. The third-order valence-corrected chi connectivity index (χ3v) is 2.99. The highest BCUT2D eigenvalue weighted by Crippen LogP contribution is 2.17. The highest BCUT2D eigenvalue weighted by molar-refractivity contribution is 5.76. The first-order chi connectivity index (χ1) is 8.81. The fraction of sp³-hybridized carbons (Fsp3) is 0.533. The minimum atomic E-state index is -0.305. The van der Waals surface area contributed by atoms with Gasteiger partial charge in [0, 0.05) is 12.0 Å². The third-order valence-electron chi connectivity index (χ3n) is 2.99. The van der Waals surface area contributed by atoms with E-state index in [4.69, 9.17) is 10.5 Å². The molecule has 0 aliphatic rings. The highest BCUT2D eigenvalue weighted by Gasteiger charge is 2.15. The van der Waals surface area contributed by atoms with Gasteiger partial charge in [-0.25, -0.2) is 0 Å². The molecule has 0 aliphatic carbocycles. The maximum atomic E-state index is 11.8. The summed E-state index contributed by atoms with van der Waals surface area (Å²) < 4.78 is 5.10. The smallest absolute Gasteiger partial charge is 0.220 e. The second-order valence-corrected chi connectivity index (χ2v) is 5.55. The maximum Gasteiger partial charge on any atom is 0.220 e. The van der Waals surface area contributed by atoms with Gasteiger partial charge in [-0.2, -0.15) is 0 Å². The van der Waals surface area contributed by atoms with Gasteiger partial charge in [-0.05, 0) is 44.9 Å². The van der Waals surface area contributed by atoms with E-state index >= 15 is 0 Å². The summed E-state index contributed by atoms with van der Waals surface area (Å²) in [6.07, 6.45) is 1.12. The Morgan fingerprint density at radius 1 is 1.37 bits per heavy atom. The summed E-state index contributed by atoms with van der Waals surface area (Å²) in [5.74, 6) is 0.842. The van der Waals surface area contributed by atoms with E-state index in [2.05, 4.69) is 5.32 Å². The number of ether oxygens (including phenoxy) is 1. The van der Waals surface area contributed by atoms with E-state index in [-0.39, 0.29) is 17.5 Å². The number of hydrogen-bond donors (Lipinski definition) is 2. The number of hydrogen-bond acceptors (Lipinski definition) is 3. The summed E-state index contributed by atoms with van der Waals surface area (Å²) in [5.41, 5.74) is 6.62. The van der Waals surface area contributed by atoms with Crippen molar-refractivity contribution in [3.8, 4) is 5.75 Å². The molecule has 0 bridgehead atoms. The molecule has 0 spiro atoms. The zero-order valence-corrected chi connectivity index (χ0v) is 12.2. The normalized spacial score (nSPS) is 12.9. The van der Waals surface area contributed by atoms with Crippen LogP contribution in [0.4, 0.5) is 0 Å². The first-order valence-electron chi connectivity index (χ1n) is 6.54. The molecule has 0 fully saturated rings. The molecular weight excluding hydrogens is 240 g/mol. The predicted octanol–water partition coefficient (Wildman–Crippen LogP) is 2.39. The van der Waals surface area contributed by atoms with E-state index in [1.54, 1.807) is 7.11 Å². The van der Waals surface area contributed by atoms with Gasteiger partial charge in [0.05, 0.1) is 13.2 Å². The second kappa shape index (κ2) is 6.57. The van der Waals surface area contributed by atoms with Gasteiger partial charge in [0.2, 0.25) is 5.91 Å². The van der Waals surface area contributed by atoms with Crippen molar-refractivity contribution in [3.63, 3.8) is 0 Å². The van der Waals surface area contributed by atoms with Crippen molar-refractivity contribution in [2.75, 3.05) is 7.11 Å². The first kappa shape index (κ1) is 15.5. The summed E-state index contributed by atoms with van der Waals surface area (Å²) in [7, 11) is 1.63. The summed E-state index contributed by atoms with van der Waals surface area (Å²) in [4.78, 5) is 11.8. The van der Waals surface area contributed by atoms with Crippen molar-refractivity contribution in [1.82, 2.24) is 5.32 Å². The molecule has 4 nitrogen and oxygen atoms in total.